The number of benzene rings is 1. The molecule has 0 amide bonds. The Kier molecular flexibility index (Phi) is 3.09. The first-order valence-corrected chi connectivity index (χ1v) is 6.00. The number of aromatic amines is 1. The summed E-state index contributed by atoms with van der Waals surface area (Å²) in [6, 6.07) is 10.8. The van der Waals surface area contributed by atoms with E-state index in [1.54, 1.807) is 36.7 Å². The normalized spacial score (nSPS) is 10.4. The first-order valence-electron chi connectivity index (χ1n) is 6.00. The molecule has 0 radical (unpaired) electrons. The molecule has 2 aromatic heterocycles. The van der Waals surface area contributed by atoms with Gasteiger partial charge in [-0.1, -0.05) is 0 Å². The minimum atomic E-state index is -0.332. The maximum atomic E-state index is 12.9. The number of H-pyrrole nitrogens is 1. The number of nitrogens with one attached hydrogen (secondary N) is 1. The highest BCUT2D eigenvalue weighted by Gasteiger charge is 2.06. The standard InChI is InChI=1S/C15H10FN3O/c16-12-3-1-11(2-4-12)15-18-13(9-14(20)19-15)10-5-7-17-8-6-10/h1-9H,(H,18,19,20). The third-order valence-electron chi connectivity index (χ3n) is 2.84. The molecular formula is C15H10FN3O. The predicted octanol–water partition coefficient (Wildman–Crippen LogP) is 2.64. The Labute approximate surface area is 114 Å². The summed E-state index contributed by atoms with van der Waals surface area (Å²) in [5, 5.41) is 0. The van der Waals surface area contributed by atoms with Gasteiger partial charge in [0.05, 0.1) is 5.69 Å². The predicted molar refractivity (Wildman–Crippen MR) is 73.5 cm³/mol. The van der Waals surface area contributed by atoms with E-state index in [1.165, 1.54) is 18.2 Å². The van der Waals surface area contributed by atoms with Crippen LogP contribution >= 0.6 is 0 Å². The zero-order chi connectivity index (χ0) is 13.9. The molecule has 0 aliphatic heterocycles. The van der Waals surface area contributed by atoms with E-state index in [0.717, 1.165) is 5.56 Å². The molecule has 0 fully saturated rings. The molecule has 1 N–H and O–H groups in total. The minimum absolute atomic E-state index is 0.258. The van der Waals surface area contributed by atoms with Crippen LogP contribution < -0.4 is 5.56 Å². The van der Waals surface area contributed by atoms with Crippen LogP contribution in [0.15, 0.2) is 59.7 Å². The Hall–Kier alpha value is -2.82. The van der Waals surface area contributed by atoms with Crippen molar-refractivity contribution in [2.75, 3.05) is 0 Å². The van der Waals surface area contributed by atoms with Crippen molar-refractivity contribution in [2.45, 2.75) is 0 Å². The maximum absolute atomic E-state index is 12.9. The van der Waals surface area contributed by atoms with Crippen LogP contribution in [0.25, 0.3) is 22.6 Å². The van der Waals surface area contributed by atoms with E-state index in [0.29, 0.717) is 17.1 Å². The second-order valence-electron chi connectivity index (χ2n) is 4.22. The van der Waals surface area contributed by atoms with E-state index in [9.17, 15) is 9.18 Å². The second-order valence-corrected chi connectivity index (χ2v) is 4.22. The molecule has 3 rings (SSSR count). The lowest BCUT2D eigenvalue weighted by Crippen LogP contribution is -2.08. The molecule has 0 unspecified atom stereocenters. The van der Waals surface area contributed by atoms with Crippen LogP contribution in [0, 0.1) is 5.82 Å². The van der Waals surface area contributed by atoms with Gasteiger partial charge in [-0.3, -0.25) is 9.78 Å². The van der Waals surface area contributed by atoms with Gasteiger partial charge in [0.2, 0.25) is 0 Å². The van der Waals surface area contributed by atoms with Crippen molar-refractivity contribution in [1.29, 1.82) is 0 Å². The van der Waals surface area contributed by atoms with E-state index in [1.807, 2.05) is 0 Å². The molecule has 1 aromatic carbocycles. The Balaban J connectivity index is 2.12. The van der Waals surface area contributed by atoms with E-state index in [-0.39, 0.29) is 11.4 Å². The Morgan fingerprint density at radius 3 is 2.35 bits per heavy atom. The highest BCUT2D eigenvalue weighted by atomic mass is 19.1. The van der Waals surface area contributed by atoms with Crippen LogP contribution in [0.4, 0.5) is 4.39 Å². The fraction of sp³-hybridized carbons (Fsp3) is 0. The van der Waals surface area contributed by atoms with Crippen molar-refractivity contribution in [1.82, 2.24) is 15.0 Å². The molecule has 0 bridgehead atoms. The third-order valence-corrected chi connectivity index (χ3v) is 2.84. The van der Waals surface area contributed by atoms with Crippen molar-refractivity contribution >= 4 is 0 Å². The van der Waals surface area contributed by atoms with E-state index in [4.69, 9.17) is 0 Å². The van der Waals surface area contributed by atoms with E-state index in [2.05, 4.69) is 15.0 Å². The summed E-state index contributed by atoms with van der Waals surface area (Å²) in [6.07, 6.45) is 3.27. The number of hydrogen-bond donors (Lipinski definition) is 1. The monoisotopic (exact) mass is 267 g/mol. The summed E-state index contributed by atoms with van der Waals surface area (Å²) in [5.41, 5.74) is 1.75. The lowest BCUT2D eigenvalue weighted by atomic mass is 10.1. The van der Waals surface area contributed by atoms with Gasteiger partial charge in [-0.05, 0) is 36.4 Å². The molecule has 98 valence electrons. The molecule has 0 aliphatic rings. The lowest BCUT2D eigenvalue weighted by Gasteiger charge is -2.04. The average molecular weight is 267 g/mol. The van der Waals surface area contributed by atoms with Crippen LogP contribution in [-0.4, -0.2) is 15.0 Å². The molecule has 0 saturated heterocycles. The van der Waals surface area contributed by atoms with Crippen LogP contribution in [0.5, 0.6) is 0 Å². The zero-order valence-electron chi connectivity index (χ0n) is 10.4. The average Bonchev–Trinajstić information content (AvgIpc) is 2.48. The van der Waals surface area contributed by atoms with Crippen molar-refractivity contribution in [2.24, 2.45) is 0 Å². The van der Waals surface area contributed by atoms with Gasteiger partial charge in [0.15, 0.2) is 0 Å². The fourth-order valence-electron chi connectivity index (χ4n) is 1.87. The highest BCUT2D eigenvalue weighted by Crippen LogP contribution is 2.19. The summed E-state index contributed by atoms with van der Waals surface area (Å²) in [5.74, 6) is 0.0747. The van der Waals surface area contributed by atoms with Gasteiger partial charge in [-0.15, -0.1) is 0 Å². The van der Waals surface area contributed by atoms with Crippen LogP contribution in [0.3, 0.4) is 0 Å². The van der Waals surface area contributed by atoms with Gasteiger partial charge in [0, 0.05) is 29.6 Å². The first kappa shape index (κ1) is 12.2. The van der Waals surface area contributed by atoms with Gasteiger partial charge < -0.3 is 4.98 Å². The summed E-state index contributed by atoms with van der Waals surface area (Å²) < 4.78 is 12.9. The number of aromatic nitrogens is 3. The number of hydrogen-bond acceptors (Lipinski definition) is 3. The molecular weight excluding hydrogens is 257 g/mol. The van der Waals surface area contributed by atoms with E-state index < -0.39 is 0 Å². The first-order chi connectivity index (χ1) is 9.72. The summed E-state index contributed by atoms with van der Waals surface area (Å²) in [7, 11) is 0. The Bertz CT molecular complexity index is 782. The summed E-state index contributed by atoms with van der Waals surface area (Å²) in [6.45, 7) is 0. The van der Waals surface area contributed by atoms with Gasteiger partial charge in [-0.25, -0.2) is 9.37 Å². The van der Waals surface area contributed by atoms with Crippen molar-refractivity contribution in [3.63, 3.8) is 0 Å². The number of nitrogens with zero attached hydrogens (tertiary/aromatic N) is 2. The largest absolute Gasteiger partial charge is 0.306 e. The Morgan fingerprint density at radius 2 is 1.65 bits per heavy atom. The smallest absolute Gasteiger partial charge is 0.251 e. The van der Waals surface area contributed by atoms with Crippen molar-refractivity contribution in [3.8, 4) is 22.6 Å². The molecule has 20 heavy (non-hydrogen) atoms. The molecule has 0 spiro atoms. The number of rotatable bonds is 2. The minimum Gasteiger partial charge on any atom is -0.306 e. The van der Waals surface area contributed by atoms with Crippen LogP contribution in [0.2, 0.25) is 0 Å². The molecule has 0 aliphatic carbocycles. The summed E-state index contributed by atoms with van der Waals surface area (Å²) >= 11 is 0. The molecule has 4 nitrogen and oxygen atoms in total. The molecule has 2 heterocycles. The van der Waals surface area contributed by atoms with Gasteiger partial charge in [0.1, 0.15) is 11.6 Å². The van der Waals surface area contributed by atoms with Gasteiger partial charge in [-0.2, -0.15) is 0 Å². The van der Waals surface area contributed by atoms with Gasteiger partial charge >= 0.3 is 0 Å². The second kappa shape index (κ2) is 5.05. The van der Waals surface area contributed by atoms with Crippen molar-refractivity contribution < 1.29 is 4.39 Å². The van der Waals surface area contributed by atoms with E-state index >= 15 is 0 Å². The number of halogens is 1. The quantitative estimate of drug-likeness (QED) is 0.776. The zero-order valence-corrected chi connectivity index (χ0v) is 10.4. The van der Waals surface area contributed by atoms with Crippen LogP contribution in [0.1, 0.15) is 0 Å². The fourth-order valence-corrected chi connectivity index (χ4v) is 1.87. The molecule has 0 atom stereocenters. The van der Waals surface area contributed by atoms with Crippen molar-refractivity contribution in [3.05, 3.63) is 71.0 Å². The molecule has 5 heteroatoms. The molecule has 3 aromatic rings. The summed E-state index contributed by atoms with van der Waals surface area (Å²) in [4.78, 5) is 22.7. The lowest BCUT2D eigenvalue weighted by molar-refractivity contribution is 0.628. The SMILES string of the molecule is O=c1cc(-c2ccncc2)nc(-c2ccc(F)cc2)[nH]1. The maximum Gasteiger partial charge on any atom is 0.251 e. The third kappa shape index (κ3) is 2.47. The highest BCUT2D eigenvalue weighted by molar-refractivity contribution is 5.62. The van der Waals surface area contributed by atoms with Gasteiger partial charge in [0.25, 0.3) is 5.56 Å². The topological polar surface area (TPSA) is 58.6 Å². The Morgan fingerprint density at radius 1 is 0.950 bits per heavy atom. The number of pyridine rings is 1. The molecule has 0 saturated carbocycles. The van der Waals surface area contributed by atoms with Crippen LogP contribution in [-0.2, 0) is 0 Å².